The van der Waals surface area contributed by atoms with Gasteiger partial charge in [-0.1, -0.05) is 35.9 Å². The summed E-state index contributed by atoms with van der Waals surface area (Å²) in [7, 11) is 2.78. The Balaban J connectivity index is 1.36. The second-order valence-corrected chi connectivity index (χ2v) is 8.52. The lowest BCUT2D eigenvalue weighted by Gasteiger charge is -2.11. The lowest BCUT2D eigenvalue weighted by atomic mass is 10.0. The van der Waals surface area contributed by atoms with E-state index in [2.05, 4.69) is 23.5 Å². The first-order chi connectivity index (χ1) is 17.1. The van der Waals surface area contributed by atoms with Crippen molar-refractivity contribution in [2.75, 3.05) is 26.1 Å². The highest BCUT2D eigenvalue weighted by Crippen LogP contribution is 2.24. The zero-order chi connectivity index (χ0) is 24.9. The average molecular weight is 478 g/mol. The first kappa shape index (κ1) is 26.1. The van der Waals surface area contributed by atoms with Crippen LogP contribution in [-0.2, 0) is 16.0 Å². The third kappa shape index (κ3) is 8.63. The van der Waals surface area contributed by atoms with Crippen LogP contribution in [0.4, 0.5) is 5.69 Å². The van der Waals surface area contributed by atoms with Crippen molar-refractivity contribution < 1.29 is 23.8 Å². The number of ether oxygens (including phenoxy) is 3. The van der Waals surface area contributed by atoms with E-state index in [9.17, 15) is 9.59 Å². The number of hydrogen-bond donors (Lipinski definition) is 1. The van der Waals surface area contributed by atoms with E-state index in [0.717, 1.165) is 30.6 Å². The molecule has 0 heterocycles. The summed E-state index contributed by atoms with van der Waals surface area (Å²) >= 11 is 0. The Bertz CT molecular complexity index is 1040. The number of anilines is 1. The van der Waals surface area contributed by atoms with Crippen molar-refractivity contribution >= 4 is 17.6 Å². The number of rotatable bonds is 13. The molecule has 1 aliphatic carbocycles. The number of methoxy groups -OCH3 is 2. The molecule has 2 aromatic carbocycles. The zero-order valence-electron chi connectivity index (χ0n) is 20.7. The van der Waals surface area contributed by atoms with Crippen molar-refractivity contribution in [1.82, 2.24) is 0 Å². The van der Waals surface area contributed by atoms with Crippen molar-refractivity contribution in [3.8, 4) is 11.5 Å². The van der Waals surface area contributed by atoms with Gasteiger partial charge in [-0.15, -0.1) is 0 Å². The Kier molecular flexibility index (Phi) is 10.4. The fraction of sp³-hybridized carbons (Fsp3) is 0.379. The molecule has 1 N–H and O–H groups in total. The second-order valence-electron chi connectivity index (χ2n) is 8.52. The van der Waals surface area contributed by atoms with Gasteiger partial charge in [-0.2, -0.15) is 0 Å². The fourth-order valence-electron chi connectivity index (χ4n) is 3.94. The molecule has 0 saturated heterocycles. The monoisotopic (exact) mass is 477 g/mol. The van der Waals surface area contributed by atoms with Crippen molar-refractivity contribution in [2.45, 2.75) is 51.4 Å². The highest BCUT2D eigenvalue weighted by molar-refractivity contribution is 5.96. The SMILES string of the molecule is COC(=O)c1cc(NC(=O)CCc2ccc(OCCCCCC3=CCCC=C3)cc2)ccc1OC. The molecule has 0 aliphatic heterocycles. The van der Waals surface area contributed by atoms with Crippen LogP contribution < -0.4 is 14.8 Å². The van der Waals surface area contributed by atoms with Crippen LogP contribution in [0.3, 0.4) is 0 Å². The molecule has 0 bridgehead atoms. The molecular formula is C29H35NO5. The topological polar surface area (TPSA) is 73.9 Å². The molecule has 0 radical (unpaired) electrons. The van der Waals surface area contributed by atoms with E-state index in [1.807, 2.05) is 24.3 Å². The average Bonchev–Trinajstić information content (AvgIpc) is 2.90. The van der Waals surface area contributed by atoms with Gasteiger partial charge in [0.2, 0.25) is 5.91 Å². The van der Waals surface area contributed by atoms with Gasteiger partial charge in [0, 0.05) is 12.1 Å². The van der Waals surface area contributed by atoms with E-state index < -0.39 is 5.97 Å². The summed E-state index contributed by atoms with van der Waals surface area (Å²) in [5, 5.41) is 2.83. The minimum atomic E-state index is -0.519. The second kappa shape index (κ2) is 14.0. The van der Waals surface area contributed by atoms with Gasteiger partial charge in [-0.05, 0) is 80.8 Å². The van der Waals surface area contributed by atoms with Crippen molar-refractivity contribution in [3.05, 3.63) is 77.4 Å². The molecule has 0 fully saturated rings. The number of unbranched alkanes of at least 4 members (excludes halogenated alkanes) is 2. The number of esters is 1. The number of carbonyl (C=O) groups is 2. The van der Waals surface area contributed by atoms with Gasteiger partial charge in [0.25, 0.3) is 0 Å². The van der Waals surface area contributed by atoms with Crippen molar-refractivity contribution in [1.29, 1.82) is 0 Å². The Morgan fingerprint density at radius 2 is 1.77 bits per heavy atom. The molecule has 0 unspecified atom stereocenters. The van der Waals surface area contributed by atoms with Gasteiger partial charge in [-0.25, -0.2) is 4.79 Å². The summed E-state index contributed by atoms with van der Waals surface area (Å²) < 4.78 is 15.8. The van der Waals surface area contributed by atoms with Gasteiger partial charge in [0.15, 0.2) is 0 Å². The van der Waals surface area contributed by atoms with E-state index in [1.54, 1.807) is 18.2 Å². The number of allylic oxidation sites excluding steroid dienone is 4. The van der Waals surface area contributed by atoms with E-state index >= 15 is 0 Å². The minimum absolute atomic E-state index is 0.134. The minimum Gasteiger partial charge on any atom is -0.496 e. The Morgan fingerprint density at radius 1 is 0.943 bits per heavy atom. The molecule has 6 heteroatoms. The van der Waals surface area contributed by atoms with Crippen LogP contribution in [-0.4, -0.2) is 32.7 Å². The molecule has 186 valence electrons. The summed E-state index contributed by atoms with van der Waals surface area (Å²) in [5.74, 6) is 0.594. The molecule has 0 saturated carbocycles. The third-order valence-electron chi connectivity index (χ3n) is 5.90. The molecule has 3 rings (SSSR count). The smallest absolute Gasteiger partial charge is 0.341 e. The first-order valence-corrected chi connectivity index (χ1v) is 12.2. The maximum Gasteiger partial charge on any atom is 0.341 e. The zero-order valence-corrected chi connectivity index (χ0v) is 20.7. The first-order valence-electron chi connectivity index (χ1n) is 12.2. The largest absolute Gasteiger partial charge is 0.496 e. The van der Waals surface area contributed by atoms with Gasteiger partial charge >= 0.3 is 5.97 Å². The van der Waals surface area contributed by atoms with E-state index in [1.165, 1.54) is 39.1 Å². The Labute approximate surface area is 208 Å². The maximum absolute atomic E-state index is 12.4. The van der Waals surface area contributed by atoms with Gasteiger partial charge < -0.3 is 19.5 Å². The Morgan fingerprint density at radius 3 is 2.49 bits per heavy atom. The molecule has 35 heavy (non-hydrogen) atoms. The predicted octanol–water partition coefficient (Wildman–Crippen LogP) is 6.27. The number of hydrogen-bond acceptors (Lipinski definition) is 5. The normalized spacial score (nSPS) is 12.6. The highest BCUT2D eigenvalue weighted by atomic mass is 16.5. The van der Waals surface area contributed by atoms with E-state index in [-0.39, 0.29) is 11.5 Å². The van der Waals surface area contributed by atoms with Gasteiger partial charge in [0.1, 0.15) is 17.1 Å². The molecule has 0 atom stereocenters. The number of benzene rings is 2. The third-order valence-corrected chi connectivity index (χ3v) is 5.90. The molecule has 1 amide bonds. The predicted molar refractivity (Wildman–Crippen MR) is 138 cm³/mol. The summed E-state index contributed by atoms with van der Waals surface area (Å²) in [6, 6.07) is 12.8. The van der Waals surface area contributed by atoms with Crippen LogP contribution in [0.25, 0.3) is 0 Å². The number of aryl methyl sites for hydroxylation is 1. The van der Waals surface area contributed by atoms with Gasteiger partial charge in [0.05, 0.1) is 20.8 Å². The standard InChI is InChI=1S/C29H35NO5/c1-33-27-18-15-24(21-26(27)29(32)34-2)30-28(31)19-14-23-12-16-25(17-13-23)35-20-8-4-7-11-22-9-5-3-6-10-22/h5,9-10,12-13,15-18,21H,3-4,6-8,11,14,19-20H2,1-2H3,(H,30,31). The van der Waals surface area contributed by atoms with Crippen LogP contribution in [0.2, 0.25) is 0 Å². The molecule has 1 aliphatic rings. The maximum atomic E-state index is 12.4. The summed E-state index contributed by atoms with van der Waals surface area (Å²) in [4.78, 5) is 24.3. The molecular weight excluding hydrogens is 442 g/mol. The number of nitrogens with one attached hydrogen (secondary N) is 1. The van der Waals surface area contributed by atoms with Crippen LogP contribution in [0, 0.1) is 0 Å². The summed E-state index contributed by atoms with van der Waals surface area (Å²) in [6.45, 7) is 0.714. The highest BCUT2D eigenvalue weighted by Gasteiger charge is 2.14. The van der Waals surface area contributed by atoms with Crippen LogP contribution >= 0.6 is 0 Å². The molecule has 0 spiro atoms. The summed E-state index contributed by atoms with van der Waals surface area (Å²) in [6.07, 6.45) is 14.7. The molecule has 2 aromatic rings. The van der Waals surface area contributed by atoms with E-state index in [4.69, 9.17) is 14.2 Å². The lowest BCUT2D eigenvalue weighted by molar-refractivity contribution is -0.116. The number of amides is 1. The van der Waals surface area contributed by atoms with E-state index in [0.29, 0.717) is 30.9 Å². The summed E-state index contributed by atoms with van der Waals surface area (Å²) in [5.41, 5.74) is 3.32. The lowest BCUT2D eigenvalue weighted by Crippen LogP contribution is -2.13. The molecule has 0 aromatic heterocycles. The van der Waals surface area contributed by atoms with Crippen LogP contribution in [0.15, 0.2) is 66.3 Å². The van der Waals surface area contributed by atoms with Gasteiger partial charge in [-0.3, -0.25) is 4.79 Å². The quantitative estimate of drug-likeness (QED) is 0.272. The Hall–Kier alpha value is -3.54. The number of carbonyl (C=O) groups excluding carboxylic acids is 2. The fourth-order valence-corrected chi connectivity index (χ4v) is 3.94. The van der Waals surface area contributed by atoms with Crippen molar-refractivity contribution in [3.63, 3.8) is 0 Å². The molecule has 6 nitrogen and oxygen atoms in total. The van der Waals surface area contributed by atoms with Crippen LogP contribution in [0.5, 0.6) is 11.5 Å². The van der Waals surface area contributed by atoms with Crippen molar-refractivity contribution in [2.24, 2.45) is 0 Å². The van der Waals surface area contributed by atoms with Crippen LogP contribution in [0.1, 0.15) is 60.9 Å².